The number of aliphatic hydroxyl groups excluding tert-OH is 1. The topological polar surface area (TPSA) is 97.1 Å². The maximum absolute atomic E-state index is 9.79. The summed E-state index contributed by atoms with van der Waals surface area (Å²) < 4.78 is 24.4. The Balaban J connectivity index is 1.15. The average molecular weight is 596 g/mol. The van der Waals surface area contributed by atoms with Crippen LogP contribution in [0.3, 0.4) is 0 Å². The number of aromatic nitrogens is 1. The number of aliphatic hydroxyl groups is 1. The van der Waals surface area contributed by atoms with E-state index in [1.165, 1.54) is 11.8 Å². The largest absolute Gasteiger partial charge is 0.488 e. The van der Waals surface area contributed by atoms with Gasteiger partial charge in [0.2, 0.25) is 0 Å². The second-order valence-corrected chi connectivity index (χ2v) is 11.5. The molecule has 2 aliphatic heterocycles. The number of pyridine rings is 1. The first-order chi connectivity index (χ1) is 21.0. The highest BCUT2D eigenvalue weighted by molar-refractivity contribution is 6.32. The van der Waals surface area contributed by atoms with E-state index in [0.29, 0.717) is 54.9 Å². The number of benzene rings is 3. The minimum absolute atomic E-state index is 0.162. The third-order valence-corrected chi connectivity index (χ3v) is 8.40. The van der Waals surface area contributed by atoms with Crippen molar-refractivity contribution in [1.29, 1.82) is 5.26 Å². The molecule has 3 heterocycles. The highest BCUT2D eigenvalue weighted by Gasteiger charge is 2.29. The van der Waals surface area contributed by atoms with Gasteiger partial charge in [0.05, 0.1) is 16.7 Å². The van der Waals surface area contributed by atoms with Crippen molar-refractivity contribution in [3.05, 3.63) is 99.8 Å². The number of likely N-dealkylation sites (tertiary alicyclic amines) is 1. The van der Waals surface area contributed by atoms with E-state index in [9.17, 15) is 10.4 Å². The minimum atomic E-state index is -0.309. The zero-order chi connectivity index (χ0) is 29.3. The molecule has 0 bridgehead atoms. The van der Waals surface area contributed by atoms with Crippen molar-refractivity contribution >= 4 is 11.6 Å². The van der Waals surface area contributed by atoms with Gasteiger partial charge in [0.15, 0.2) is 11.5 Å². The average Bonchev–Trinajstić information content (AvgIpc) is 3.43. The Bertz CT molecular complexity index is 1720. The van der Waals surface area contributed by atoms with E-state index in [-0.39, 0.29) is 18.8 Å². The van der Waals surface area contributed by atoms with Gasteiger partial charge >= 0.3 is 0 Å². The number of fused-ring (bicyclic) bond motifs is 2. The number of nitrogens with zero attached hydrogens (tertiary/aromatic N) is 3. The lowest BCUT2D eigenvalue weighted by atomic mass is 9.96. The number of ether oxygens (including phenoxy) is 4. The molecular weight excluding hydrogens is 566 g/mol. The number of halogens is 1. The van der Waals surface area contributed by atoms with E-state index < -0.39 is 0 Å². The SMILES string of the molecule is N#Cc1cncc(COc2cc(O[C@H]3CCc4c(-c5ccc6c(c5)OCCO6)cccc43)c(Cl)cc2CN2CC(O)C2)c1. The van der Waals surface area contributed by atoms with Gasteiger partial charge in [0.1, 0.15) is 43.5 Å². The van der Waals surface area contributed by atoms with Crippen molar-refractivity contribution in [3.63, 3.8) is 0 Å². The summed E-state index contributed by atoms with van der Waals surface area (Å²) in [5.41, 5.74) is 6.83. The maximum atomic E-state index is 9.79. The van der Waals surface area contributed by atoms with Gasteiger partial charge < -0.3 is 24.1 Å². The second kappa shape index (κ2) is 11.8. The maximum Gasteiger partial charge on any atom is 0.161 e. The zero-order valence-electron chi connectivity index (χ0n) is 23.5. The van der Waals surface area contributed by atoms with Crippen LogP contribution < -0.4 is 18.9 Å². The summed E-state index contributed by atoms with van der Waals surface area (Å²) in [6, 6.07) is 20.1. The molecule has 1 saturated heterocycles. The Morgan fingerprint density at radius 1 is 1.02 bits per heavy atom. The fourth-order valence-corrected chi connectivity index (χ4v) is 6.23. The van der Waals surface area contributed by atoms with Gasteiger partial charge in [-0.25, -0.2) is 0 Å². The van der Waals surface area contributed by atoms with Crippen LogP contribution in [-0.4, -0.2) is 47.4 Å². The Hall–Kier alpha value is -4.29. The van der Waals surface area contributed by atoms with Crippen LogP contribution in [0, 0.1) is 11.3 Å². The van der Waals surface area contributed by atoms with Crippen LogP contribution >= 0.6 is 11.6 Å². The highest BCUT2D eigenvalue weighted by atomic mass is 35.5. The summed E-state index contributed by atoms with van der Waals surface area (Å²) >= 11 is 6.81. The van der Waals surface area contributed by atoms with Crippen LogP contribution in [0.2, 0.25) is 5.02 Å². The third-order valence-electron chi connectivity index (χ3n) is 8.10. The van der Waals surface area contributed by atoms with Crippen LogP contribution in [0.1, 0.15) is 40.3 Å². The summed E-state index contributed by atoms with van der Waals surface area (Å²) in [6.07, 6.45) is 4.44. The normalized spacial score (nSPS) is 17.6. The van der Waals surface area contributed by atoms with Gasteiger partial charge in [-0.1, -0.05) is 35.9 Å². The monoisotopic (exact) mass is 595 g/mol. The molecule has 8 nitrogen and oxygen atoms in total. The van der Waals surface area contributed by atoms with Crippen molar-refractivity contribution in [3.8, 4) is 40.2 Å². The van der Waals surface area contributed by atoms with E-state index in [1.807, 2.05) is 18.2 Å². The molecule has 0 radical (unpaired) electrons. The summed E-state index contributed by atoms with van der Waals surface area (Å²) in [5, 5.41) is 19.5. The van der Waals surface area contributed by atoms with Gasteiger partial charge in [-0.05, 0) is 59.4 Å². The standard InChI is InChI=1S/C34H30ClN3O5/c35-29-11-24(17-38-18-25(39)19-38)32(42-20-22-10-21(14-36)15-37-16-22)13-33(29)43-30-7-5-27-26(2-1-3-28(27)30)23-4-6-31-34(12-23)41-9-8-40-31/h1-4,6,10-13,15-16,25,30,39H,5,7-9,17-20H2/t30-/m0/s1. The number of β-amino-alcohol motifs (C(OH)–C–C–N with tert-alkyl or cyclic N) is 1. The molecule has 1 N–H and O–H groups in total. The van der Waals surface area contributed by atoms with E-state index >= 15 is 0 Å². The first-order valence-corrected chi connectivity index (χ1v) is 14.8. The molecule has 0 amide bonds. The van der Waals surface area contributed by atoms with Crippen LogP contribution in [0.4, 0.5) is 0 Å². The van der Waals surface area contributed by atoms with Gasteiger partial charge in [0.25, 0.3) is 0 Å². The summed E-state index contributed by atoms with van der Waals surface area (Å²) in [5.74, 6) is 2.75. The van der Waals surface area contributed by atoms with Crippen molar-refractivity contribution in [1.82, 2.24) is 9.88 Å². The molecule has 4 aromatic rings. The quantitative estimate of drug-likeness (QED) is 0.270. The third kappa shape index (κ3) is 5.72. The number of hydrogen-bond acceptors (Lipinski definition) is 8. The molecule has 43 heavy (non-hydrogen) atoms. The van der Waals surface area contributed by atoms with Crippen molar-refractivity contribution < 1.29 is 24.1 Å². The minimum Gasteiger partial charge on any atom is -0.488 e. The Morgan fingerprint density at radius 3 is 2.72 bits per heavy atom. The van der Waals surface area contributed by atoms with E-state index in [4.69, 9.17) is 30.5 Å². The van der Waals surface area contributed by atoms with E-state index in [2.05, 4.69) is 46.3 Å². The lowest BCUT2D eigenvalue weighted by Crippen LogP contribution is -2.49. The van der Waals surface area contributed by atoms with Crippen LogP contribution in [-0.2, 0) is 19.6 Å². The molecule has 1 aromatic heterocycles. The molecule has 1 atom stereocenters. The molecule has 9 heteroatoms. The predicted molar refractivity (Wildman–Crippen MR) is 161 cm³/mol. The smallest absolute Gasteiger partial charge is 0.161 e. The van der Waals surface area contributed by atoms with Crippen molar-refractivity contribution in [2.75, 3.05) is 26.3 Å². The van der Waals surface area contributed by atoms with Gasteiger partial charge in [-0.2, -0.15) is 5.26 Å². The molecule has 0 unspecified atom stereocenters. The number of hydrogen-bond donors (Lipinski definition) is 1. The van der Waals surface area contributed by atoms with Crippen molar-refractivity contribution in [2.24, 2.45) is 0 Å². The molecular formula is C34H30ClN3O5. The Labute approximate surface area is 255 Å². The van der Waals surface area contributed by atoms with Gasteiger partial charge in [-0.15, -0.1) is 0 Å². The summed E-state index contributed by atoms with van der Waals surface area (Å²) in [6.45, 7) is 3.16. The molecule has 3 aromatic carbocycles. The molecule has 1 aliphatic carbocycles. The van der Waals surface area contributed by atoms with Crippen molar-refractivity contribution in [2.45, 2.75) is 38.2 Å². The fraction of sp³-hybridized carbons (Fsp3) is 0.294. The summed E-state index contributed by atoms with van der Waals surface area (Å²) in [4.78, 5) is 6.28. The van der Waals surface area contributed by atoms with Crippen LogP contribution in [0.25, 0.3) is 11.1 Å². The molecule has 7 rings (SSSR count). The summed E-state index contributed by atoms with van der Waals surface area (Å²) in [7, 11) is 0. The Morgan fingerprint density at radius 2 is 1.88 bits per heavy atom. The molecule has 1 fully saturated rings. The number of nitriles is 1. The predicted octanol–water partition coefficient (Wildman–Crippen LogP) is 5.87. The highest BCUT2D eigenvalue weighted by Crippen LogP contribution is 2.44. The van der Waals surface area contributed by atoms with Crippen LogP contribution in [0.15, 0.2) is 67.0 Å². The first kappa shape index (κ1) is 27.5. The molecule has 218 valence electrons. The number of rotatable bonds is 8. The molecule has 0 saturated carbocycles. The Kier molecular flexibility index (Phi) is 7.54. The molecule has 0 spiro atoms. The zero-order valence-corrected chi connectivity index (χ0v) is 24.2. The van der Waals surface area contributed by atoms with Crippen LogP contribution in [0.5, 0.6) is 23.0 Å². The van der Waals surface area contributed by atoms with E-state index in [1.54, 1.807) is 12.3 Å². The fourth-order valence-electron chi connectivity index (χ4n) is 6.00. The first-order valence-electron chi connectivity index (χ1n) is 14.4. The van der Waals surface area contributed by atoms with Gasteiger partial charge in [-0.3, -0.25) is 9.88 Å². The second-order valence-electron chi connectivity index (χ2n) is 11.1. The molecule has 3 aliphatic rings. The lowest BCUT2D eigenvalue weighted by Gasteiger charge is -2.36. The lowest BCUT2D eigenvalue weighted by molar-refractivity contribution is -0.00335. The van der Waals surface area contributed by atoms with Gasteiger partial charge in [0, 0.05) is 49.2 Å². The van der Waals surface area contributed by atoms with E-state index in [0.717, 1.165) is 52.2 Å².